The molecule has 2 aliphatic rings. The highest BCUT2D eigenvalue weighted by molar-refractivity contribution is 6.15. The summed E-state index contributed by atoms with van der Waals surface area (Å²) in [5.74, 6) is -0.00208. The van der Waals surface area contributed by atoms with Crippen LogP contribution in [0.1, 0.15) is 39.4 Å². The number of rotatable bonds is 3. The van der Waals surface area contributed by atoms with Gasteiger partial charge in [-0.1, -0.05) is 18.2 Å². The van der Waals surface area contributed by atoms with Gasteiger partial charge in [-0.25, -0.2) is 0 Å². The Kier molecular flexibility index (Phi) is 5.00. The lowest BCUT2D eigenvalue weighted by Crippen LogP contribution is -2.26. The van der Waals surface area contributed by atoms with Crippen LogP contribution < -0.4 is 19.8 Å². The number of pyridine rings is 1. The fraction of sp³-hybridized carbons (Fsp3) is 0.129. The molecular weight excluding hydrogens is 496 g/mol. The van der Waals surface area contributed by atoms with E-state index in [2.05, 4.69) is 4.98 Å². The molecule has 4 heterocycles. The van der Waals surface area contributed by atoms with Crippen molar-refractivity contribution in [2.45, 2.75) is 12.3 Å². The number of allylic oxidation sites excluding steroid dienone is 1. The summed E-state index contributed by atoms with van der Waals surface area (Å²) in [5.41, 5.74) is 3.45. The van der Waals surface area contributed by atoms with Gasteiger partial charge in [0.1, 0.15) is 17.2 Å². The van der Waals surface area contributed by atoms with E-state index in [0.29, 0.717) is 33.7 Å². The lowest BCUT2D eigenvalue weighted by atomic mass is 9.85. The zero-order valence-electron chi connectivity index (χ0n) is 21.1. The molecule has 1 N–H and O–H groups in total. The minimum absolute atomic E-state index is 0.0675. The van der Waals surface area contributed by atoms with Crippen LogP contribution in [0.25, 0.3) is 27.9 Å². The normalized spacial score (nSPS) is 17.3. The molecule has 0 saturated carbocycles. The molecule has 0 spiro atoms. The lowest BCUT2D eigenvalue weighted by Gasteiger charge is -2.26. The highest BCUT2D eigenvalue weighted by Gasteiger charge is 2.39. The largest absolute Gasteiger partial charge is 0.497 e. The number of benzene rings is 3. The van der Waals surface area contributed by atoms with Gasteiger partial charge in [-0.2, -0.15) is 0 Å². The Balaban J connectivity index is 1.37. The van der Waals surface area contributed by atoms with E-state index in [1.807, 2.05) is 48.1 Å². The van der Waals surface area contributed by atoms with E-state index in [1.165, 1.54) is 0 Å². The molecule has 1 atom stereocenters. The molecule has 2 aromatic heterocycles. The van der Waals surface area contributed by atoms with Crippen molar-refractivity contribution in [1.82, 2.24) is 9.55 Å². The van der Waals surface area contributed by atoms with Gasteiger partial charge in [0.25, 0.3) is 5.56 Å². The van der Waals surface area contributed by atoms with Gasteiger partial charge in [0.15, 0.2) is 5.76 Å². The number of ketones is 1. The summed E-state index contributed by atoms with van der Waals surface area (Å²) in [5, 5.41) is 1.75. The van der Waals surface area contributed by atoms with Gasteiger partial charge >= 0.3 is 5.97 Å². The summed E-state index contributed by atoms with van der Waals surface area (Å²) < 4.78 is 19.1. The predicted octanol–water partition coefficient (Wildman–Crippen LogP) is 5.09. The van der Waals surface area contributed by atoms with E-state index in [1.54, 1.807) is 43.5 Å². The first-order valence-electron chi connectivity index (χ1n) is 12.5. The Morgan fingerprint density at radius 2 is 1.87 bits per heavy atom. The second kappa shape index (κ2) is 8.46. The number of ether oxygens (including phenoxy) is 3. The Morgan fingerprint density at radius 1 is 1.03 bits per heavy atom. The van der Waals surface area contributed by atoms with E-state index in [4.69, 9.17) is 14.2 Å². The number of aryl methyl sites for hydroxylation is 1. The van der Waals surface area contributed by atoms with Crippen molar-refractivity contribution in [3.63, 3.8) is 0 Å². The first-order valence-corrected chi connectivity index (χ1v) is 12.5. The van der Waals surface area contributed by atoms with Crippen molar-refractivity contribution < 1.29 is 23.8 Å². The maximum absolute atomic E-state index is 13.5. The van der Waals surface area contributed by atoms with Crippen LogP contribution in [0.3, 0.4) is 0 Å². The number of aromatic amines is 1. The first-order chi connectivity index (χ1) is 18.9. The Hall–Kier alpha value is -5.11. The number of esters is 1. The third-order valence-electron chi connectivity index (χ3n) is 7.45. The number of carbonyl (C=O) groups is 2. The molecule has 0 amide bonds. The van der Waals surface area contributed by atoms with Crippen LogP contribution in [-0.2, 0) is 11.8 Å². The average molecular weight is 519 g/mol. The van der Waals surface area contributed by atoms with Crippen LogP contribution in [0.5, 0.6) is 17.2 Å². The zero-order valence-corrected chi connectivity index (χ0v) is 21.1. The van der Waals surface area contributed by atoms with E-state index in [9.17, 15) is 14.4 Å². The van der Waals surface area contributed by atoms with Crippen molar-refractivity contribution in [2.24, 2.45) is 7.05 Å². The summed E-state index contributed by atoms with van der Waals surface area (Å²) in [6.45, 7) is 0. The minimum Gasteiger partial charge on any atom is -0.497 e. The number of nitrogens with one attached hydrogen (secondary N) is 1. The van der Waals surface area contributed by atoms with Gasteiger partial charge in [0.05, 0.1) is 19.1 Å². The number of hydrogen-bond donors (Lipinski definition) is 1. The van der Waals surface area contributed by atoms with Crippen LogP contribution in [0.15, 0.2) is 77.4 Å². The number of methoxy groups -OCH3 is 1. The molecule has 8 nitrogen and oxygen atoms in total. The SMILES string of the molecule is COc1ccc2[nH]c(=O)c(C3CC(=O)Oc4ccc5c(c43)O/C(=C/c3cn(C)c4ccccc34)C5=O)cc2c1. The van der Waals surface area contributed by atoms with Gasteiger partial charge in [-0.15, -0.1) is 0 Å². The average Bonchev–Trinajstić information content (AvgIpc) is 3.43. The van der Waals surface area contributed by atoms with E-state index >= 15 is 0 Å². The fourth-order valence-corrected chi connectivity index (χ4v) is 5.59. The monoisotopic (exact) mass is 518 g/mol. The number of para-hydroxylation sites is 1. The molecular formula is C31H22N2O6. The smallest absolute Gasteiger partial charge is 0.312 e. The van der Waals surface area contributed by atoms with E-state index in [-0.39, 0.29) is 29.3 Å². The minimum atomic E-state index is -0.666. The third-order valence-corrected chi connectivity index (χ3v) is 7.45. The maximum atomic E-state index is 13.5. The summed E-state index contributed by atoms with van der Waals surface area (Å²) in [7, 11) is 3.52. The second-order valence-electron chi connectivity index (χ2n) is 9.74. The second-order valence-corrected chi connectivity index (χ2v) is 9.74. The first kappa shape index (κ1) is 23.0. The van der Waals surface area contributed by atoms with Crippen molar-refractivity contribution in [2.75, 3.05) is 7.11 Å². The molecule has 0 radical (unpaired) electrons. The fourth-order valence-electron chi connectivity index (χ4n) is 5.59. The molecule has 2 aliphatic heterocycles. The molecule has 1 unspecified atom stereocenters. The topological polar surface area (TPSA) is 99.6 Å². The maximum Gasteiger partial charge on any atom is 0.312 e. The van der Waals surface area contributed by atoms with E-state index in [0.717, 1.165) is 21.9 Å². The van der Waals surface area contributed by atoms with Gasteiger partial charge < -0.3 is 23.8 Å². The number of nitrogens with zero attached hydrogens (tertiary/aromatic N) is 1. The number of aromatic nitrogens is 2. The standard InChI is InChI=1S/C31H22N2O6/c1-33-15-17(19-5-3-4-6-24(19)33)13-26-29(35)20-8-10-25-28(30(20)39-26)21(14-27(34)38-25)22-12-16-11-18(37-2)7-9-23(16)32-31(22)36/h3-13,15,21H,14H2,1-2H3,(H,32,36)/b26-13+. The Labute approximate surface area is 222 Å². The van der Waals surface area contributed by atoms with Crippen LogP contribution >= 0.6 is 0 Å². The predicted molar refractivity (Wildman–Crippen MR) is 146 cm³/mol. The summed E-state index contributed by atoms with van der Waals surface area (Å²) >= 11 is 0. The molecule has 192 valence electrons. The molecule has 0 fully saturated rings. The lowest BCUT2D eigenvalue weighted by molar-refractivity contribution is -0.135. The number of hydrogen-bond acceptors (Lipinski definition) is 6. The molecule has 0 saturated heterocycles. The molecule has 7 rings (SSSR count). The van der Waals surface area contributed by atoms with Crippen molar-refractivity contribution in [3.05, 3.63) is 105 Å². The molecule has 0 aliphatic carbocycles. The molecule has 5 aromatic rings. The van der Waals surface area contributed by atoms with Crippen LogP contribution in [-0.4, -0.2) is 28.4 Å². The molecule has 3 aromatic carbocycles. The molecule has 39 heavy (non-hydrogen) atoms. The summed E-state index contributed by atoms with van der Waals surface area (Å²) in [4.78, 5) is 42.2. The number of Topliss-reactive ketones (excluding diaryl/α,β-unsaturated/α-hetero) is 1. The number of fused-ring (bicyclic) bond motifs is 5. The Bertz CT molecular complexity index is 1960. The highest BCUT2D eigenvalue weighted by atomic mass is 16.5. The zero-order chi connectivity index (χ0) is 26.8. The summed E-state index contributed by atoms with van der Waals surface area (Å²) in [6.07, 6.45) is 3.61. The van der Waals surface area contributed by atoms with Crippen LogP contribution in [0.2, 0.25) is 0 Å². The van der Waals surface area contributed by atoms with Gasteiger partial charge in [-0.3, -0.25) is 14.4 Å². The highest BCUT2D eigenvalue weighted by Crippen LogP contribution is 2.48. The van der Waals surface area contributed by atoms with Crippen LogP contribution in [0, 0.1) is 0 Å². The third kappa shape index (κ3) is 3.56. The molecule has 0 bridgehead atoms. The van der Waals surface area contributed by atoms with Crippen molar-refractivity contribution >= 4 is 39.6 Å². The van der Waals surface area contributed by atoms with Crippen molar-refractivity contribution in [3.8, 4) is 17.2 Å². The number of carbonyl (C=O) groups excluding carboxylic acids is 2. The Morgan fingerprint density at radius 3 is 2.72 bits per heavy atom. The quantitative estimate of drug-likeness (QED) is 0.203. The van der Waals surface area contributed by atoms with Gasteiger partial charge in [-0.05, 0) is 48.5 Å². The van der Waals surface area contributed by atoms with Crippen molar-refractivity contribution in [1.29, 1.82) is 0 Å². The van der Waals surface area contributed by atoms with Gasteiger partial charge in [0, 0.05) is 57.7 Å². The summed E-state index contributed by atoms with van der Waals surface area (Å²) in [6, 6.07) is 18.2. The van der Waals surface area contributed by atoms with Gasteiger partial charge in [0.2, 0.25) is 5.78 Å². The number of H-pyrrole nitrogens is 1. The van der Waals surface area contributed by atoms with Crippen LogP contribution in [0.4, 0.5) is 0 Å². The molecule has 8 heteroatoms. The van der Waals surface area contributed by atoms with E-state index < -0.39 is 11.9 Å².